The number of halogens is 2. The Bertz CT molecular complexity index is 1400. The van der Waals surface area contributed by atoms with Gasteiger partial charge in [0.25, 0.3) is 0 Å². The van der Waals surface area contributed by atoms with Crippen LogP contribution in [0, 0.1) is 11.6 Å². The standard InChI is InChI=1S/C30H28F2N4O/c31-27-10-7-21(18-28(27)32)26-17-22-19-33-30(35-29(22)25-4-2-1-3-24(25)26)34-23-8-5-20(6-9-23)11-12-36-13-15-37-16-14-36/h1-10,18-19,26H,11-17H2,(H,33,34,35). The number of morpholine rings is 1. The van der Waals surface area contributed by atoms with Crippen molar-refractivity contribution in [2.24, 2.45) is 0 Å². The number of nitrogens with one attached hydrogen (secondary N) is 1. The highest BCUT2D eigenvalue weighted by atomic mass is 19.2. The molecule has 1 aliphatic heterocycles. The lowest BCUT2D eigenvalue weighted by Gasteiger charge is -2.27. The molecule has 37 heavy (non-hydrogen) atoms. The van der Waals surface area contributed by atoms with Crippen molar-refractivity contribution in [3.05, 3.63) is 107 Å². The molecule has 1 fully saturated rings. The van der Waals surface area contributed by atoms with Gasteiger partial charge in [-0.1, -0.05) is 42.5 Å². The summed E-state index contributed by atoms with van der Waals surface area (Å²) in [5.41, 5.74) is 6.86. The molecule has 4 aromatic rings. The van der Waals surface area contributed by atoms with Crippen LogP contribution in [0.4, 0.5) is 20.4 Å². The van der Waals surface area contributed by atoms with Crippen LogP contribution in [0.3, 0.4) is 0 Å². The van der Waals surface area contributed by atoms with E-state index in [4.69, 9.17) is 9.72 Å². The minimum atomic E-state index is -0.836. The van der Waals surface area contributed by atoms with Crippen molar-refractivity contribution < 1.29 is 13.5 Å². The van der Waals surface area contributed by atoms with Gasteiger partial charge in [-0.25, -0.2) is 18.7 Å². The van der Waals surface area contributed by atoms with Gasteiger partial charge >= 0.3 is 0 Å². The number of rotatable bonds is 6. The van der Waals surface area contributed by atoms with E-state index >= 15 is 0 Å². The summed E-state index contributed by atoms with van der Waals surface area (Å²) in [5, 5.41) is 3.33. The molecule has 0 bridgehead atoms. The Morgan fingerprint density at radius 1 is 0.946 bits per heavy atom. The highest BCUT2D eigenvalue weighted by Gasteiger charge is 2.28. The summed E-state index contributed by atoms with van der Waals surface area (Å²) in [5.74, 6) is -1.23. The molecule has 2 aliphatic rings. The molecule has 0 radical (unpaired) electrons. The normalized spacial score (nSPS) is 17.2. The van der Waals surface area contributed by atoms with Gasteiger partial charge in [0.05, 0.1) is 18.9 Å². The molecule has 1 aromatic heterocycles. The zero-order chi connectivity index (χ0) is 25.2. The third-order valence-corrected chi connectivity index (χ3v) is 7.26. The lowest BCUT2D eigenvalue weighted by molar-refractivity contribution is 0.0384. The molecule has 1 atom stereocenters. The molecule has 1 aliphatic carbocycles. The smallest absolute Gasteiger partial charge is 0.227 e. The third kappa shape index (κ3) is 5.10. The Kier molecular flexibility index (Phi) is 6.64. The van der Waals surface area contributed by atoms with Crippen molar-refractivity contribution in [1.29, 1.82) is 0 Å². The first-order valence-electron chi connectivity index (χ1n) is 12.7. The van der Waals surface area contributed by atoms with Crippen molar-refractivity contribution in [2.75, 3.05) is 38.2 Å². The quantitative estimate of drug-likeness (QED) is 0.368. The monoisotopic (exact) mass is 498 g/mol. The average molecular weight is 499 g/mol. The van der Waals surface area contributed by atoms with Crippen LogP contribution in [0.15, 0.2) is 72.9 Å². The summed E-state index contributed by atoms with van der Waals surface area (Å²) >= 11 is 0. The van der Waals surface area contributed by atoms with Gasteiger partial charge in [0.1, 0.15) is 0 Å². The molecule has 188 valence electrons. The van der Waals surface area contributed by atoms with E-state index in [1.807, 2.05) is 30.5 Å². The van der Waals surface area contributed by atoms with Crippen molar-refractivity contribution in [3.63, 3.8) is 0 Å². The highest BCUT2D eigenvalue weighted by Crippen LogP contribution is 2.42. The van der Waals surface area contributed by atoms with Gasteiger partial charge in [0, 0.05) is 43.0 Å². The maximum absolute atomic E-state index is 14.0. The molecule has 1 unspecified atom stereocenters. The molecular formula is C30H28F2N4O. The first-order valence-corrected chi connectivity index (χ1v) is 12.7. The van der Waals surface area contributed by atoms with E-state index in [0.717, 1.165) is 72.9 Å². The number of fused-ring (bicyclic) bond motifs is 3. The van der Waals surface area contributed by atoms with E-state index in [9.17, 15) is 8.78 Å². The fourth-order valence-electron chi connectivity index (χ4n) is 5.22. The second-order valence-electron chi connectivity index (χ2n) is 9.61. The van der Waals surface area contributed by atoms with Gasteiger partial charge in [0.15, 0.2) is 11.6 Å². The maximum Gasteiger partial charge on any atom is 0.227 e. The van der Waals surface area contributed by atoms with Gasteiger partial charge in [-0.2, -0.15) is 0 Å². The second kappa shape index (κ2) is 10.4. The molecular weight excluding hydrogens is 470 g/mol. The summed E-state index contributed by atoms with van der Waals surface area (Å²) in [7, 11) is 0. The summed E-state index contributed by atoms with van der Waals surface area (Å²) in [6, 6.07) is 20.6. The summed E-state index contributed by atoms with van der Waals surface area (Å²) in [6.45, 7) is 4.67. The zero-order valence-corrected chi connectivity index (χ0v) is 20.5. The second-order valence-corrected chi connectivity index (χ2v) is 9.61. The van der Waals surface area contributed by atoms with Gasteiger partial charge in [-0.3, -0.25) is 4.90 Å². The summed E-state index contributed by atoms with van der Waals surface area (Å²) in [4.78, 5) is 11.9. The minimum Gasteiger partial charge on any atom is -0.379 e. The Labute approximate surface area is 215 Å². The lowest BCUT2D eigenvalue weighted by Crippen LogP contribution is -2.37. The van der Waals surface area contributed by atoms with Crippen LogP contribution in [0.1, 0.15) is 28.2 Å². The number of anilines is 2. The van der Waals surface area contributed by atoms with Crippen LogP contribution in [-0.4, -0.2) is 47.7 Å². The molecule has 0 saturated carbocycles. The number of benzene rings is 3. The molecule has 1 N–H and O–H groups in total. The van der Waals surface area contributed by atoms with E-state index in [-0.39, 0.29) is 5.92 Å². The number of hydrogen-bond donors (Lipinski definition) is 1. The topological polar surface area (TPSA) is 50.3 Å². The number of hydrogen-bond acceptors (Lipinski definition) is 5. The van der Waals surface area contributed by atoms with E-state index in [0.29, 0.717) is 12.4 Å². The molecule has 0 spiro atoms. The number of nitrogens with zero attached hydrogens (tertiary/aromatic N) is 3. The number of ether oxygens (including phenoxy) is 1. The summed E-state index contributed by atoms with van der Waals surface area (Å²) in [6.07, 6.45) is 3.46. The molecule has 1 saturated heterocycles. The summed E-state index contributed by atoms with van der Waals surface area (Å²) < 4.78 is 33.0. The molecule has 0 amide bonds. The van der Waals surface area contributed by atoms with Gasteiger partial charge in [0.2, 0.25) is 5.95 Å². The Morgan fingerprint density at radius 3 is 2.57 bits per heavy atom. The van der Waals surface area contributed by atoms with Gasteiger partial charge in [-0.05, 0) is 59.4 Å². The molecule has 7 heteroatoms. The van der Waals surface area contributed by atoms with Gasteiger partial charge < -0.3 is 10.1 Å². The first kappa shape index (κ1) is 23.7. The molecule has 5 nitrogen and oxygen atoms in total. The zero-order valence-electron chi connectivity index (χ0n) is 20.5. The van der Waals surface area contributed by atoms with Crippen molar-refractivity contribution >= 4 is 11.6 Å². The molecule has 2 heterocycles. The highest BCUT2D eigenvalue weighted by molar-refractivity contribution is 5.73. The minimum absolute atomic E-state index is 0.0915. The van der Waals surface area contributed by atoms with Crippen molar-refractivity contribution in [2.45, 2.75) is 18.8 Å². The van der Waals surface area contributed by atoms with E-state index in [1.54, 1.807) is 6.07 Å². The third-order valence-electron chi connectivity index (χ3n) is 7.26. The Balaban J connectivity index is 1.20. The van der Waals surface area contributed by atoms with Crippen LogP contribution in [0.2, 0.25) is 0 Å². The first-order chi connectivity index (χ1) is 18.1. The number of aromatic nitrogens is 2. The largest absolute Gasteiger partial charge is 0.379 e. The van der Waals surface area contributed by atoms with Crippen molar-refractivity contribution in [3.8, 4) is 11.3 Å². The van der Waals surface area contributed by atoms with Crippen LogP contribution < -0.4 is 5.32 Å². The van der Waals surface area contributed by atoms with E-state index in [1.165, 1.54) is 17.7 Å². The Hall–Kier alpha value is -3.68. The average Bonchev–Trinajstić information content (AvgIpc) is 2.94. The van der Waals surface area contributed by atoms with Crippen LogP contribution in [0.25, 0.3) is 11.3 Å². The fourth-order valence-corrected chi connectivity index (χ4v) is 5.22. The Morgan fingerprint density at radius 2 is 1.76 bits per heavy atom. The maximum atomic E-state index is 14.0. The molecule has 6 rings (SSSR count). The van der Waals surface area contributed by atoms with Gasteiger partial charge in [-0.15, -0.1) is 0 Å². The van der Waals surface area contributed by atoms with Crippen LogP contribution in [0.5, 0.6) is 0 Å². The van der Waals surface area contributed by atoms with Crippen LogP contribution >= 0.6 is 0 Å². The van der Waals surface area contributed by atoms with Crippen LogP contribution in [-0.2, 0) is 17.6 Å². The fraction of sp³-hybridized carbons (Fsp3) is 0.267. The predicted octanol–water partition coefficient (Wildman–Crippen LogP) is 5.73. The lowest BCUT2D eigenvalue weighted by atomic mass is 9.78. The van der Waals surface area contributed by atoms with Crippen molar-refractivity contribution in [1.82, 2.24) is 14.9 Å². The van der Waals surface area contributed by atoms with E-state index < -0.39 is 11.6 Å². The predicted molar refractivity (Wildman–Crippen MR) is 140 cm³/mol. The van der Waals surface area contributed by atoms with E-state index in [2.05, 4.69) is 39.5 Å². The molecule has 3 aromatic carbocycles. The SMILES string of the molecule is Fc1ccc(C2Cc3cnc(Nc4ccc(CCN5CCOCC5)cc4)nc3-c3ccccc32)cc1F.